The fourth-order valence-electron chi connectivity index (χ4n) is 2.20. The number of anilines is 1. The van der Waals surface area contributed by atoms with Crippen LogP contribution < -0.4 is 15.0 Å². The third-order valence-electron chi connectivity index (χ3n) is 3.46. The smallest absolute Gasteiger partial charge is 0.335 e. The predicted octanol–water partition coefficient (Wildman–Crippen LogP) is 0.527. The van der Waals surface area contributed by atoms with Gasteiger partial charge in [0, 0.05) is 12.8 Å². The average Bonchev–Trinajstić information content (AvgIpc) is 2.54. The van der Waals surface area contributed by atoms with Gasteiger partial charge in [0.1, 0.15) is 5.75 Å². The van der Waals surface area contributed by atoms with Crippen LogP contribution in [0.1, 0.15) is 0 Å². The maximum absolute atomic E-state index is 12.6. The van der Waals surface area contributed by atoms with Gasteiger partial charge < -0.3 is 9.64 Å². The number of carbonyl (C=O) groups is 3. The number of benzene rings is 1. The summed E-state index contributed by atoms with van der Waals surface area (Å²) in [4.78, 5) is 43.7. The molecule has 1 aromatic rings. The molecule has 1 heterocycles. The van der Waals surface area contributed by atoms with Crippen LogP contribution in [-0.4, -0.2) is 63.3 Å². The molecular formula is C16H20N4O4. The van der Waals surface area contributed by atoms with Gasteiger partial charge in [0.15, 0.2) is 5.92 Å². The molecule has 0 aliphatic carbocycles. The van der Waals surface area contributed by atoms with Gasteiger partial charge in [-0.15, -0.1) is 0 Å². The lowest BCUT2D eigenvalue weighted by molar-refractivity contribution is -0.131. The van der Waals surface area contributed by atoms with Crippen molar-refractivity contribution < 1.29 is 19.1 Å². The van der Waals surface area contributed by atoms with Gasteiger partial charge in [0.05, 0.1) is 19.3 Å². The maximum Gasteiger partial charge on any atom is 0.335 e. The van der Waals surface area contributed by atoms with E-state index in [-0.39, 0.29) is 5.69 Å². The minimum absolute atomic E-state index is 0.279. The summed E-state index contributed by atoms with van der Waals surface area (Å²) in [6, 6.07) is 5.81. The molecule has 24 heavy (non-hydrogen) atoms. The van der Waals surface area contributed by atoms with Crippen LogP contribution >= 0.6 is 0 Å². The Labute approximate surface area is 140 Å². The van der Waals surface area contributed by atoms with Gasteiger partial charge in [-0.1, -0.05) is 12.1 Å². The predicted molar refractivity (Wildman–Crippen MR) is 89.4 cm³/mol. The van der Waals surface area contributed by atoms with E-state index in [0.717, 1.165) is 4.90 Å². The fourth-order valence-corrected chi connectivity index (χ4v) is 2.20. The van der Waals surface area contributed by atoms with Gasteiger partial charge in [-0.2, -0.15) is 0 Å². The van der Waals surface area contributed by atoms with Crippen molar-refractivity contribution in [2.24, 2.45) is 10.9 Å². The molecule has 128 valence electrons. The third kappa shape index (κ3) is 3.77. The number of likely N-dealkylation sites (N-methyl/N-ethyl adjacent to an activating group) is 1. The second kappa shape index (κ2) is 7.69. The number of nitrogens with one attached hydrogen (secondary N) is 1. The van der Waals surface area contributed by atoms with E-state index in [2.05, 4.69) is 10.3 Å². The van der Waals surface area contributed by atoms with Crippen molar-refractivity contribution in [3.05, 3.63) is 24.3 Å². The number of barbiturate groups is 1. The zero-order chi connectivity index (χ0) is 17.7. The van der Waals surface area contributed by atoms with Gasteiger partial charge >= 0.3 is 6.03 Å². The molecule has 1 N–H and O–H groups in total. The number of amides is 4. The molecule has 1 atom stereocenters. The summed E-state index contributed by atoms with van der Waals surface area (Å²) in [6.45, 7) is 1.14. The molecule has 8 heteroatoms. The zero-order valence-corrected chi connectivity index (χ0v) is 13.9. The number of para-hydroxylation sites is 2. The average molecular weight is 332 g/mol. The van der Waals surface area contributed by atoms with Crippen LogP contribution in [0.2, 0.25) is 0 Å². The Balaban J connectivity index is 2.25. The molecule has 4 amide bonds. The van der Waals surface area contributed by atoms with Crippen molar-refractivity contribution in [3.8, 4) is 5.75 Å². The number of rotatable bonds is 6. The highest BCUT2D eigenvalue weighted by Gasteiger charge is 2.41. The number of hydrogen-bond donors (Lipinski definition) is 1. The van der Waals surface area contributed by atoms with Crippen LogP contribution in [0.3, 0.4) is 0 Å². The molecule has 8 nitrogen and oxygen atoms in total. The van der Waals surface area contributed by atoms with Gasteiger partial charge in [-0.05, 0) is 26.2 Å². The number of hydrogen-bond acceptors (Lipinski definition) is 6. The van der Waals surface area contributed by atoms with Crippen molar-refractivity contribution in [1.82, 2.24) is 10.2 Å². The lowest BCUT2D eigenvalue weighted by Gasteiger charge is -2.29. The largest absolute Gasteiger partial charge is 0.495 e. The number of urea groups is 1. The minimum atomic E-state index is -1.14. The Kier molecular flexibility index (Phi) is 5.64. The SMILES string of the molecule is COc1ccccc1N1C(=O)NC(=O)C(C=NCCN(C)C)C1=O. The van der Waals surface area contributed by atoms with Crippen LogP contribution in [0.15, 0.2) is 29.3 Å². The first kappa shape index (κ1) is 17.6. The van der Waals surface area contributed by atoms with Gasteiger partial charge in [0.2, 0.25) is 5.91 Å². The number of carbonyl (C=O) groups excluding carboxylic acids is 3. The highest BCUT2D eigenvalue weighted by Crippen LogP contribution is 2.30. The molecule has 0 radical (unpaired) electrons. The molecule has 0 bridgehead atoms. The highest BCUT2D eigenvalue weighted by atomic mass is 16.5. The first-order valence-corrected chi connectivity index (χ1v) is 7.42. The Morgan fingerprint density at radius 1 is 1.29 bits per heavy atom. The Bertz CT molecular complexity index is 672. The van der Waals surface area contributed by atoms with Crippen LogP contribution in [0.4, 0.5) is 10.5 Å². The van der Waals surface area contributed by atoms with Gasteiger partial charge in [-0.3, -0.25) is 19.9 Å². The summed E-state index contributed by atoms with van der Waals surface area (Å²) in [7, 11) is 5.24. The maximum atomic E-state index is 12.6. The lowest BCUT2D eigenvalue weighted by Crippen LogP contribution is -2.58. The second-order valence-corrected chi connectivity index (χ2v) is 5.48. The summed E-state index contributed by atoms with van der Waals surface area (Å²) in [6.07, 6.45) is 1.29. The van der Waals surface area contributed by atoms with Crippen LogP contribution in [-0.2, 0) is 9.59 Å². The summed E-state index contributed by atoms with van der Waals surface area (Å²) in [5.41, 5.74) is 0.279. The number of aliphatic imine (C=N–C) groups is 1. The van der Waals surface area contributed by atoms with Crippen LogP contribution in [0.25, 0.3) is 0 Å². The quantitative estimate of drug-likeness (QED) is 0.606. The summed E-state index contributed by atoms with van der Waals surface area (Å²) in [5.74, 6) is -2.11. The monoisotopic (exact) mass is 332 g/mol. The fraction of sp³-hybridized carbons (Fsp3) is 0.375. The number of imide groups is 2. The first-order valence-electron chi connectivity index (χ1n) is 7.42. The molecule has 1 unspecified atom stereocenters. The second-order valence-electron chi connectivity index (χ2n) is 5.48. The third-order valence-corrected chi connectivity index (χ3v) is 3.46. The summed E-state index contributed by atoms with van der Waals surface area (Å²) in [5, 5.41) is 2.18. The molecule has 0 spiro atoms. The standard InChI is InChI=1S/C16H20N4O4/c1-19(2)9-8-17-10-11-14(21)18-16(23)20(15(11)22)12-6-4-5-7-13(12)24-3/h4-7,10-11H,8-9H2,1-3H3,(H,18,21,23). The van der Waals surface area contributed by atoms with Crippen molar-refractivity contribution in [3.63, 3.8) is 0 Å². The molecular weight excluding hydrogens is 312 g/mol. The van der Waals surface area contributed by atoms with E-state index in [4.69, 9.17) is 4.74 Å². The molecule has 1 saturated heterocycles. The Morgan fingerprint density at radius 2 is 2.00 bits per heavy atom. The first-order chi connectivity index (χ1) is 11.5. The van der Waals surface area contributed by atoms with E-state index in [1.54, 1.807) is 24.3 Å². The summed E-state index contributed by atoms with van der Waals surface area (Å²) >= 11 is 0. The Morgan fingerprint density at radius 3 is 2.67 bits per heavy atom. The number of ether oxygens (including phenoxy) is 1. The molecule has 1 aliphatic heterocycles. The van der Waals surface area contributed by atoms with E-state index < -0.39 is 23.8 Å². The molecule has 1 aromatic carbocycles. The minimum Gasteiger partial charge on any atom is -0.495 e. The van der Waals surface area contributed by atoms with E-state index in [9.17, 15) is 14.4 Å². The molecule has 1 aliphatic rings. The molecule has 0 aromatic heterocycles. The van der Waals surface area contributed by atoms with Gasteiger partial charge in [0.25, 0.3) is 5.91 Å². The zero-order valence-electron chi connectivity index (χ0n) is 13.9. The number of nitrogens with zero attached hydrogens (tertiary/aromatic N) is 3. The highest BCUT2D eigenvalue weighted by molar-refractivity contribution is 6.32. The topological polar surface area (TPSA) is 91.3 Å². The lowest BCUT2D eigenvalue weighted by atomic mass is 10.1. The van der Waals surface area contributed by atoms with E-state index in [0.29, 0.717) is 18.8 Å². The normalized spacial score (nSPS) is 18.4. The Hall–Kier alpha value is -2.74. The molecule has 2 rings (SSSR count). The van der Waals surface area contributed by atoms with Crippen LogP contribution in [0, 0.1) is 5.92 Å². The van der Waals surface area contributed by atoms with Crippen molar-refractivity contribution >= 4 is 29.7 Å². The van der Waals surface area contributed by atoms with E-state index in [1.165, 1.54) is 13.3 Å². The van der Waals surface area contributed by atoms with E-state index >= 15 is 0 Å². The summed E-state index contributed by atoms with van der Waals surface area (Å²) < 4.78 is 5.18. The molecule has 0 saturated carbocycles. The van der Waals surface area contributed by atoms with Gasteiger partial charge in [-0.25, -0.2) is 9.69 Å². The van der Waals surface area contributed by atoms with Crippen molar-refractivity contribution in [1.29, 1.82) is 0 Å². The number of methoxy groups -OCH3 is 1. The van der Waals surface area contributed by atoms with E-state index in [1.807, 2.05) is 19.0 Å². The van der Waals surface area contributed by atoms with Crippen molar-refractivity contribution in [2.75, 3.05) is 39.2 Å². The van der Waals surface area contributed by atoms with Crippen molar-refractivity contribution in [2.45, 2.75) is 0 Å². The van der Waals surface area contributed by atoms with Crippen LogP contribution in [0.5, 0.6) is 5.75 Å². The molecule has 1 fully saturated rings.